The van der Waals surface area contributed by atoms with Gasteiger partial charge in [0.2, 0.25) is 10.0 Å². The van der Waals surface area contributed by atoms with Crippen LogP contribution in [0.3, 0.4) is 0 Å². The zero-order valence-corrected chi connectivity index (χ0v) is 15.4. The van der Waals surface area contributed by atoms with Crippen molar-refractivity contribution in [3.05, 3.63) is 24.3 Å². The molecule has 0 spiro atoms. The number of amides is 2. The van der Waals surface area contributed by atoms with Crippen molar-refractivity contribution in [2.75, 3.05) is 11.9 Å². The third kappa shape index (κ3) is 7.53. The molecule has 0 aromatic heterocycles. The van der Waals surface area contributed by atoms with Crippen LogP contribution in [0.2, 0.25) is 0 Å². The van der Waals surface area contributed by atoms with Crippen molar-refractivity contribution in [3.63, 3.8) is 0 Å². The highest BCUT2D eigenvalue weighted by Gasteiger charge is 2.21. The van der Waals surface area contributed by atoms with Crippen molar-refractivity contribution in [3.8, 4) is 0 Å². The van der Waals surface area contributed by atoms with E-state index in [0.717, 1.165) is 0 Å². The number of aliphatic carboxylic acids is 1. The number of benzene rings is 1. The third-order valence-corrected chi connectivity index (χ3v) is 4.86. The molecule has 0 saturated heterocycles. The minimum Gasteiger partial charge on any atom is -0.481 e. The van der Waals surface area contributed by atoms with Gasteiger partial charge in [-0.3, -0.25) is 4.79 Å². The average Bonchev–Trinajstić information content (AvgIpc) is 2.51. The van der Waals surface area contributed by atoms with Gasteiger partial charge in [0, 0.05) is 24.2 Å². The maximum atomic E-state index is 12.0. The lowest BCUT2D eigenvalue weighted by atomic mass is 9.99. The van der Waals surface area contributed by atoms with Gasteiger partial charge >= 0.3 is 12.0 Å². The predicted molar refractivity (Wildman–Crippen MR) is 95.0 cm³/mol. The molecule has 25 heavy (non-hydrogen) atoms. The summed E-state index contributed by atoms with van der Waals surface area (Å²) >= 11 is 0. The van der Waals surface area contributed by atoms with E-state index >= 15 is 0 Å². The first-order chi connectivity index (χ1) is 11.6. The summed E-state index contributed by atoms with van der Waals surface area (Å²) in [6.45, 7) is 5.68. The summed E-state index contributed by atoms with van der Waals surface area (Å²) in [7, 11) is -3.55. The lowest BCUT2D eigenvalue weighted by Crippen LogP contribution is -2.45. The summed E-state index contributed by atoms with van der Waals surface area (Å²) in [5.41, 5.74) is -0.253. The maximum absolute atomic E-state index is 12.0. The van der Waals surface area contributed by atoms with Crippen molar-refractivity contribution < 1.29 is 23.1 Å². The zero-order chi connectivity index (χ0) is 19.1. The first-order valence-corrected chi connectivity index (χ1v) is 9.45. The van der Waals surface area contributed by atoms with Gasteiger partial charge in [-0.1, -0.05) is 6.92 Å². The van der Waals surface area contributed by atoms with Crippen molar-refractivity contribution >= 4 is 27.7 Å². The molecule has 140 valence electrons. The van der Waals surface area contributed by atoms with Crippen LogP contribution in [-0.2, 0) is 14.8 Å². The Morgan fingerprint density at radius 3 is 2.28 bits per heavy atom. The third-order valence-electron chi connectivity index (χ3n) is 3.38. The van der Waals surface area contributed by atoms with Gasteiger partial charge in [0.1, 0.15) is 0 Å². The first-order valence-electron chi connectivity index (χ1n) is 7.96. The fraction of sp³-hybridized carbons (Fsp3) is 0.500. The van der Waals surface area contributed by atoms with Crippen LogP contribution in [0, 0.1) is 0 Å². The number of sulfonamides is 1. The molecule has 0 fully saturated rings. The van der Waals surface area contributed by atoms with Crippen molar-refractivity contribution in [1.29, 1.82) is 0 Å². The molecule has 0 unspecified atom stereocenters. The van der Waals surface area contributed by atoms with Crippen LogP contribution in [0.4, 0.5) is 10.5 Å². The highest BCUT2D eigenvalue weighted by atomic mass is 32.2. The number of carbonyl (C=O) groups is 2. The molecular formula is C16H25N3O5S. The fourth-order valence-electron chi connectivity index (χ4n) is 1.99. The molecule has 1 rings (SSSR count). The zero-order valence-electron chi connectivity index (χ0n) is 14.6. The topological polar surface area (TPSA) is 125 Å². The van der Waals surface area contributed by atoms with Crippen molar-refractivity contribution in [1.82, 2.24) is 10.0 Å². The quantitative estimate of drug-likeness (QED) is 0.529. The summed E-state index contributed by atoms with van der Waals surface area (Å²) in [5, 5.41) is 14.0. The lowest BCUT2D eigenvalue weighted by Gasteiger charge is -2.25. The van der Waals surface area contributed by atoms with E-state index in [1.165, 1.54) is 24.3 Å². The van der Waals surface area contributed by atoms with Crippen LogP contribution in [0.25, 0.3) is 0 Å². The van der Waals surface area contributed by atoms with E-state index in [0.29, 0.717) is 18.7 Å². The Morgan fingerprint density at radius 2 is 1.76 bits per heavy atom. The molecule has 1 aromatic rings. The van der Waals surface area contributed by atoms with Gasteiger partial charge in [-0.15, -0.1) is 0 Å². The number of carbonyl (C=O) groups excluding carboxylic acids is 1. The number of rotatable bonds is 9. The molecule has 0 atom stereocenters. The number of nitrogens with one attached hydrogen (secondary N) is 3. The Kier molecular flexibility index (Phi) is 7.38. The van der Waals surface area contributed by atoms with Crippen LogP contribution in [0.1, 0.15) is 40.0 Å². The van der Waals surface area contributed by atoms with Gasteiger partial charge in [0.25, 0.3) is 0 Å². The molecule has 0 aliphatic heterocycles. The van der Waals surface area contributed by atoms with Crippen LogP contribution in [-0.4, -0.2) is 37.6 Å². The molecule has 1 aromatic carbocycles. The molecule has 2 amide bonds. The molecule has 0 saturated carbocycles. The first kappa shape index (κ1) is 20.9. The van der Waals surface area contributed by atoms with Crippen LogP contribution < -0.4 is 15.4 Å². The molecule has 0 aliphatic rings. The van der Waals surface area contributed by atoms with Crippen LogP contribution in [0.5, 0.6) is 0 Å². The minimum atomic E-state index is -3.55. The van der Waals surface area contributed by atoms with E-state index in [-0.39, 0.29) is 17.7 Å². The van der Waals surface area contributed by atoms with E-state index in [9.17, 15) is 18.0 Å². The molecule has 9 heteroatoms. The van der Waals surface area contributed by atoms with Gasteiger partial charge < -0.3 is 15.7 Å². The normalized spacial score (nSPS) is 11.8. The predicted octanol–water partition coefficient (Wildman–Crippen LogP) is 2.14. The van der Waals surface area contributed by atoms with Gasteiger partial charge in [0.05, 0.1) is 4.90 Å². The Morgan fingerprint density at radius 1 is 1.16 bits per heavy atom. The second-order valence-electron chi connectivity index (χ2n) is 6.28. The van der Waals surface area contributed by atoms with E-state index in [4.69, 9.17) is 5.11 Å². The SMILES string of the molecule is CCCNS(=O)(=O)c1ccc(NC(=O)NC(C)(C)CCC(=O)O)cc1. The standard InChI is InChI=1S/C16H25N3O5S/c1-4-11-17-25(23,24)13-7-5-12(6-8-13)18-15(22)19-16(2,3)10-9-14(20)21/h5-8,17H,4,9-11H2,1-3H3,(H,20,21)(H2,18,19,22). The van der Waals surface area contributed by atoms with Crippen molar-refractivity contribution in [2.24, 2.45) is 0 Å². The highest BCUT2D eigenvalue weighted by Crippen LogP contribution is 2.15. The lowest BCUT2D eigenvalue weighted by molar-refractivity contribution is -0.137. The van der Waals surface area contributed by atoms with E-state index in [1.807, 2.05) is 6.92 Å². The summed E-state index contributed by atoms with van der Waals surface area (Å²) < 4.78 is 26.4. The molecule has 0 aliphatic carbocycles. The molecule has 8 nitrogen and oxygen atoms in total. The number of hydrogen-bond acceptors (Lipinski definition) is 4. The van der Waals surface area contributed by atoms with Gasteiger partial charge in [-0.25, -0.2) is 17.9 Å². The van der Waals surface area contributed by atoms with Gasteiger partial charge in [-0.2, -0.15) is 0 Å². The Bertz CT molecular complexity index is 699. The largest absolute Gasteiger partial charge is 0.481 e. The number of urea groups is 1. The van der Waals surface area contributed by atoms with E-state index in [1.54, 1.807) is 13.8 Å². The maximum Gasteiger partial charge on any atom is 0.319 e. The fourth-order valence-corrected chi connectivity index (χ4v) is 3.12. The summed E-state index contributed by atoms with van der Waals surface area (Å²) in [5.74, 6) is -0.927. The second-order valence-corrected chi connectivity index (χ2v) is 8.05. The summed E-state index contributed by atoms with van der Waals surface area (Å²) in [6, 6.07) is 5.30. The highest BCUT2D eigenvalue weighted by molar-refractivity contribution is 7.89. The molecule has 0 bridgehead atoms. The van der Waals surface area contributed by atoms with Crippen LogP contribution in [0.15, 0.2) is 29.2 Å². The second kappa shape index (κ2) is 8.82. The number of hydrogen-bond donors (Lipinski definition) is 4. The van der Waals surface area contributed by atoms with Gasteiger partial charge in [-0.05, 0) is 51.0 Å². The minimum absolute atomic E-state index is 0.0510. The van der Waals surface area contributed by atoms with Gasteiger partial charge in [0.15, 0.2) is 0 Å². The van der Waals surface area contributed by atoms with E-state index < -0.39 is 27.6 Å². The van der Waals surface area contributed by atoms with Crippen molar-refractivity contribution in [2.45, 2.75) is 50.5 Å². The average molecular weight is 371 g/mol. The monoisotopic (exact) mass is 371 g/mol. The Hall–Kier alpha value is -2.13. The Balaban J connectivity index is 2.65. The Labute approximate surface area is 148 Å². The number of anilines is 1. The molecular weight excluding hydrogens is 346 g/mol. The summed E-state index contributed by atoms with van der Waals surface area (Å²) in [6.07, 6.45) is 0.928. The summed E-state index contributed by atoms with van der Waals surface area (Å²) in [4.78, 5) is 22.7. The molecule has 0 radical (unpaired) electrons. The molecule has 0 heterocycles. The van der Waals surface area contributed by atoms with Crippen LogP contribution >= 0.6 is 0 Å². The smallest absolute Gasteiger partial charge is 0.319 e. The number of carboxylic acids is 1. The van der Waals surface area contributed by atoms with E-state index in [2.05, 4.69) is 15.4 Å². The molecule has 4 N–H and O–H groups in total. The number of carboxylic acid groups (broad SMARTS) is 1.